The molecule has 3 rings (SSSR count). The van der Waals surface area contributed by atoms with Crippen molar-refractivity contribution in [2.75, 3.05) is 11.9 Å². The molecule has 2 aromatic rings. The highest BCUT2D eigenvalue weighted by molar-refractivity contribution is 6.32. The van der Waals surface area contributed by atoms with Gasteiger partial charge in [-0.1, -0.05) is 17.7 Å². The van der Waals surface area contributed by atoms with Gasteiger partial charge in [-0.25, -0.2) is 0 Å². The van der Waals surface area contributed by atoms with Gasteiger partial charge in [0.25, 0.3) is 0 Å². The molecule has 2 heterocycles. The van der Waals surface area contributed by atoms with Crippen LogP contribution >= 0.6 is 11.6 Å². The van der Waals surface area contributed by atoms with E-state index in [4.69, 9.17) is 16.3 Å². The first kappa shape index (κ1) is 16.7. The molecule has 1 aromatic carbocycles. The summed E-state index contributed by atoms with van der Waals surface area (Å²) in [5, 5.41) is 6.66. The molecule has 5 nitrogen and oxygen atoms in total. The topological polar surface area (TPSA) is 63.2 Å². The van der Waals surface area contributed by atoms with Crippen molar-refractivity contribution in [2.24, 2.45) is 0 Å². The fourth-order valence-corrected chi connectivity index (χ4v) is 2.94. The summed E-state index contributed by atoms with van der Waals surface area (Å²) in [5.74, 6) is 0.575. The van der Waals surface area contributed by atoms with Gasteiger partial charge in [0, 0.05) is 36.1 Å². The quantitative estimate of drug-likeness (QED) is 0.842. The largest absolute Gasteiger partial charge is 0.487 e. The van der Waals surface area contributed by atoms with Crippen LogP contribution in [0.4, 0.5) is 5.69 Å². The fourth-order valence-electron chi connectivity index (χ4n) is 2.71. The number of amides is 1. The average Bonchev–Trinajstić information content (AvgIpc) is 3.08. The summed E-state index contributed by atoms with van der Waals surface area (Å²) in [4.78, 5) is 16.1. The first-order valence-corrected chi connectivity index (χ1v) is 8.43. The monoisotopic (exact) mass is 345 g/mol. The minimum Gasteiger partial charge on any atom is -0.487 e. The highest BCUT2D eigenvalue weighted by Crippen LogP contribution is 2.28. The number of ether oxygens (including phenoxy) is 1. The number of hydrogen-bond acceptors (Lipinski definition) is 4. The van der Waals surface area contributed by atoms with E-state index in [-0.39, 0.29) is 11.9 Å². The van der Waals surface area contributed by atoms with Crippen LogP contribution in [0, 0.1) is 0 Å². The third kappa shape index (κ3) is 4.69. The Hall–Kier alpha value is -2.11. The van der Waals surface area contributed by atoms with Crippen LogP contribution in [-0.2, 0) is 11.4 Å². The van der Waals surface area contributed by atoms with Gasteiger partial charge < -0.3 is 15.4 Å². The zero-order chi connectivity index (χ0) is 16.8. The van der Waals surface area contributed by atoms with Crippen molar-refractivity contribution in [3.63, 3.8) is 0 Å². The van der Waals surface area contributed by atoms with Crippen LogP contribution in [0.5, 0.6) is 5.75 Å². The number of nitrogens with zero attached hydrogens (tertiary/aromatic N) is 1. The summed E-state index contributed by atoms with van der Waals surface area (Å²) in [6.45, 7) is 1.39. The summed E-state index contributed by atoms with van der Waals surface area (Å²) in [6, 6.07) is 9.35. The molecule has 1 aliphatic heterocycles. The van der Waals surface area contributed by atoms with Crippen LogP contribution in [0.2, 0.25) is 5.02 Å². The summed E-state index contributed by atoms with van der Waals surface area (Å²) in [6.07, 6.45) is 6.13. The molecule has 0 aliphatic carbocycles. The predicted molar refractivity (Wildman–Crippen MR) is 94.3 cm³/mol. The number of carbonyl (C=O) groups excluding carboxylic acids is 1. The number of nitrogens with one attached hydrogen (secondary N) is 2. The Labute approximate surface area is 146 Å². The minimum atomic E-state index is -0.00510. The Morgan fingerprint density at radius 2 is 2.33 bits per heavy atom. The number of benzene rings is 1. The fraction of sp³-hybridized carbons (Fsp3) is 0.333. The molecule has 24 heavy (non-hydrogen) atoms. The third-order valence-electron chi connectivity index (χ3n) is 3.93. The molecule has 0 bridgehead atoms. The lowest BCUT2D eigenvalue weighted by Gasteiger charge is -2.12. The molecule has 0 radical (unpaired) electrons. The smallest absolute Gasteiger partial charge is 0.225 e. The SMILES string of the molecule is O=C(CC1CCCN1)Nc1ccc(OCc2cccnc2)c(Cl)c1. The van der Waals surface area contributed by atoms with Crippen molar-refractivity contribution in [2.45, 2.75) is 31.9 Å². The van der Waals surface area contributed by atoms with Gasteiger partial charge in [-0.05, 0) is 43.7 Å². The Balaban J connectivity index is 1.54. The first-order chi connectivity index (χ1) is 11.7. The van der Waals surface area contributed by atoms with E-state index < -0.39 is 0 Å². The molecule has 1 aromatic heterocycles. The van der Waals surface area contributed by atoms with Gasteiger partial charge in [0.2, 0.25) is 5.91 Å². The van der Waals surface area contributed by atoms with Gasteiger partial charge in [0.05, 0.1) is 5.02 Å². The summed E-state index contributed by atoms with van der Waals surface area (Å²) >= 11 is 6.25. The van der Waals surface area contributed by atoms with E-state index in [0.29, 0.717) is 29.5 Å². The number of halogens is 1. The number of rotatable bonds is 6. The summed E-state index contributed by atoms with van der Waals surface area (Å²) < 4.78 is 5.70. The van der Waals surface area contributed by atoms with Gasteiger partial charge in [-0.15, -0.1) is 0 Å². The highest BCUT2D eigenvalue weighted by Gasteiger charge is 2.17. The van der Waals surface area contributed by atoms with E-state index in [2.05, 4.69) is 15.6 Å². The van der Waals surface area contributed by atoms with Gasteiger partial charge in [-0.2, -0.15) is 0 Å². The standard InChI is InChI=1S/C18H20ClN3O2/c19-16-9-15(22-18(23)10-14-4-2-8-21-14)5-6-17(16)24-12-13-3-1-7-20-11-13/h1,3,5-7,9,11,14,21H,2,4,8,10,12H2,(H,22,23). The van der Waals surface area contributed by atoms with E-state index in [1.54, 1.807) is 30.6 Å². The van der Waals surface area contributed by atoms with E-state index in [0.717, 1.165) is 24.9 Å². The van der Waals surface area contributed by atoms with Gasteiger partial charge in [0.1, 0.15) is 12.4 Å². The van der Waals surface area contributed by atoms with Crippen LogP contribution in [0.3, 0.4) is 0 Å². The third-order valence-corrected chi connectivity index (χ3v) is 4.22. The van der Waals surface area contributed by atoms with Gasteiger partial charge in [-0.3, -0.25) is 9.78 Å². The molecule has 126 valence electrons. The molecule has 1 fully saturated rings. The second-order valence-corrected chi connectivity index (χ2v) is 6.25. The average molecular weight is 346 g/mol. The Morgan fingerprint density at radius 3 is 3.04 bits per heavy atom. The van der Waals surface area contributed by atoms with E-state index in [1.807, 2.05) is 12.1 Å². The van der Waals surface area contributed by atoms with Crippen molar-refractivity contribution in [1.82, 2.24) is 10.3 Å². The van der Waals surface area contributed by atoms with Gasteiger partial charge in [0.15, 0.2) is 0 Å². The molecule has 1 unspecified atom stereocenters. The minimum absolute atomic E-state index is 0.00510. The molecule has 1 aliphatic rings. The molecular formula is C18H20ClN3O2. The molecule has 1 amide bonds. The predicted octanol–water partition coefficient (Wildman–Crippen LogP) is 3.39. The second kappa shape index (κ2) is 8.13. The zero-order valence-corrected chi connectivity index (χ0v) is 14.1. The van der Waals surface area contributed by atoms with E-state index in [1.165, 1.54) is 0 Å². The van der Waals surface area contributed by atoms with Crippen LogP contribution in [0.1, 0.15) is 24.8 Å². The Kier molecular flexibility index (Phi) is 5.67. The van der Waals surface area contributed by atoms with Crippen molar-refractivity contribution >= 4 is 23.2 Å². The maximum absolute atomic E-state index is 12.0. The zero-order valence-electron chi connectivity index (χ0n) is 13.3. The summed E-state index contributed by atoms with van der Waals surface area (Å²) in [5.41, 5.74) is 1.65. The van der Waals surface area contributed by atoms with Crippen LogP contribution in [0.25, 0.3) is 0 Å². The number of pyridine rings is 1. The maximum Gasteiger partial charge on any atom is 0.225 e. The molecule has 6 heteroatoms. The molecule has 0 saturated carbocycles. The van der Waals surface area contributed by atoms with Crippen molar-refractivity contribution < 1.29 is 9.53 Å². The maximum atomic E-state index is 12.0. The molecule has 1 saturated heterocycles. The van der Waals surface area contributed by atoms with E-state index >= 15 is 0 Å². The normalized spacial score (nSPS) is 16.8. The lowest BCUT2D eigenvalue weighted by molar-refractivity contribution is -0.116. The lowest BCUT2D eigenvalue weighted by atomic mass is 10.1. The second-order valence-electron chi connectivity index (χ2n) is 5.84. The number of carbonyl (C=O) groups is 1. The molecular weight excluding hydrogens is 326 g/mol. The van der Waals surface area contributed by atoms with Crippen LogP contribution < -0.4 is 15.4 Å². The Bertz CT molecular complexity index is 688. The van der Waals surface area contributed by atoms with Crippen molar-refractivity contribution in [3.8, 4) is 5.75 Å². The van der Waals surface area contributed by atoms with Gasteiger partial charge >= 0.3 is 0 Å². The van der Waals surface area contributed by atoms with Crippen LogP contribution in [-0.4, -0.2) is 23.5 Å². The number of hydrogen-bond donors (Lipinski definition) is 2. The van der Waals surface area contributed by atoms with Crippen LogP contribution in [0.15, 0.2) is 42.7 Å². The number of aromatic nitrogens is 1. The van der Waals surface area contributed by atoms with Crippen molar-refractivity contribution in [1.29, 1.82) is 0 Å². The first-order valence-electron chi connectivity index (χ1n) is 8.05. The lowest BCUT2D eigenvalue weighted by Crippen LogP contribution is -2.27. The molecule has 2 N–H and O–H groups in total. The Morgan fingerprint density at radius 1 is 1.42 bits per heavy atom. The highest BCUT2D eigenvalue weighted by atomic mass is 35.5. The molecule has 0 spiro atoms. The molecule has 1 atom stereocenters. The van der Waals surface area contributed by atoms with Crippen molar-refractivity contribution in [3.05, 3.63) is 53.3 Å². The van der Waals surface area contributed by atoms with E-state index in [9.17, 15) is 4.79 Å². The number of anilines is 1. The summed E-state index contributed by atoms with van der Waals surface area (Å²) in [7, 11) is 0.